The van der Waals surface area contributed by atoms with Gasteiger partial charge in [0.05, 0.1) is 6.10 Å². The Morgan fingerprint density at radius 2 is 2.25 bits per heavy atom. The lowest BCUT2D eigenvalue weighted by Crippen LogP contribution is -2.31. The molecule has 2 aliphatic rings. The fraction of sp³-hybridized carbons (Fsp3) is 0.917. The summed E-state index contributed by atoms with van der Waals surface area (Å²) in [6, 6.07) is 0. The van der Waals surface area contributed by atoms with E-state index in [0.717, 1.165) is 32.4 Å². The van der Waals surface area contributed by atoms with Gasteiger partial charge in [-0.2, -0.15) is 0 Å². The van der Waals surface area contributed by atoms with Gasteiger partial charge in [0.25, 0.3) is 0 Å². The SMILES string of the molecule is COCCCC(=O)N1CC2CCC(O)C2C1. The monoisotopic (exact) mass is 227 g/mol. The standard InChI is InChI=1S/C12H21NO3/c1-16-6-2-3-12(15)13-7-9-4-5-11(14)10(9)8-13/h9-11,14H,2-8H2,1H3. The minimum atomic E-state index is -0.179. The highest BCUT2D eigenvalue weighted by Crippen LogP contribution is 2.38. The van der Waals surface area contributed by atoms with E-state index in [4.69, 9.17) is 4.74 Å². The van der Waals surface area contributed by atoms with Crippen molar-refractivity contribution in [3.05, 3.63) is 0 Å². The summed E-state index contributed by atoms with van der Waals surface area (Å²) in [6.07, 6.45) is 3.18. The van der Waals surface area contributed by atoms with E-state index in [0.29, 0.717) is 24.9 Å². The number of rotatable bonds is 4. The van der Waals surface area contributed by atoms with E-state index in [-0.39, 0.29) is 12.0 Å². The fourth-order valence-electron chi connectivity index (χ4n) is 2.97. The van der Waals surface area contributed by atoms with Crippen molar-refractivity contribution in [1.82, 2.24) is 4.90 Å². The number of ether oxygens (including phenoxy) is 1. The lowest BCUT2D eigenvalue weighted by atomic mass is 10.00. The smallest absolute Gasteiger partial charge is 0.222 e. The number of carbonyl (C=O) groups is 1. The second-order valence-corrected chi connectivity index (χ2v) is 4.96. The molecule has 0 spiro atoms. The zero-order chi connectivity index (χ0) is 11.5. The molecule has 1 amide bonds. The Hall–Kier alpha value is -0.610. The van der Waals surface area contributed by atoms with Crippen molar-refractivity contribution in [2.45, 2.75) is 31.8 Å². The van der Waals surface area contributed by atoms with Gasteiger partial charge in [0.2, 0.25) is 5.91 Å². The molecule has 1 heterocycles. The number of aliphatic hydroxyl groups is 1. The minimum absolute atomic E-state index is 0.179. The molecule has 1 N–H and O–H groups in total. The molecule has 92 valence electrons. The molecule has 1 aliphatic heterocycles. The van der Waals surface area contributed by atoms with E-state index in [2.05, 4.69) is 0 Å². The third-order valence-corrected chi connectivity index (χ3v) is 3.91. The second-order valence-electron chi connectivity index (χ2n) is 4.96. The van der Waals surface area contributed by atoms with Gasteiger partial charge in [-0.25, -0.2) is 0 Å². The van der Waals surface area contributed by atoms with Crippen LogP contribution in [-0.2, 0) is 9.53 Å². The van der Waals surface area contributed by atoms with E-state index in [1.807, 2.05) is 4.90 Å². The van der Waals surface area contributed by atoms with Crippen LogP contribution in [0, 0.1) is 11.8 Å². The van der Waals surface area contributed by atoms with Gasteiger partial charge < -0.3 is 14.7 Å². The van der Waals surface area contributed by atoms with Gasteiger partial charge in [-0.15, -0.1) is 0 Å². The summed E-state index contributed by atoms with van der Waals surface area (Å²) in [5, 5.41) is 9.76. The number of hydrogen-bond acceptors (Lipinski definition) is 3. The first-order chi connectivity index (χ1) is 7.72. The van der Waals surface area contributed by atoms with Gasteiger partial charge in [0.15, 0.2) is 0 Å². The van der Waals surface area contributed by atoms with Crippen LogP contribution in [0.4, 0.5) is 0 Å². The average molecular weight is 227 g/mol. The Labute approximate surface area is 96.6 Å². The van der Waals surface area contributed by atoms with Crippen molar-refractivity contribution < 1.29 is 14.6 Å². The molecule has 0 aromatic heterocycles. The molecule has 0 aromatic carbocycles. The molecule has 4 nitrogen and oxygen atoms in total. The largest absolute Gasteiger partial charge is 0.393 e. The van der Waals surface area contributed by atoms with Gasteiger partial charge in [0, 0.05) is 39.1 Å². The van der Waals surface area contributed by atoms with Crippen LogP contribution in [0.5, 0.6) is 0 Å². The fourth-order valence-corrected chi connectivity index (χ4v) is 2.97. The third-order valence-electron chi connectivity index (χ3n) is 3.91. The molecule has 1 aliphatic carbocycles. The summed E-state index contributed by atoms with van der Waals surface area (Å²) < 4.78 is 4.94. The topological polar surface area (TPSA) is 49.8 Å². The maximum atomic E-state index is 11.8. The molecule has 0 bridgehead atoms. The van der Waals surface area contributed by atoms with Crippen LogP contribution >= 0.6 is 0 Å². The average Bonchev–Trinajstić information content (AvgIpc) is 2.82. The number of aliphatic hydroxyl groups excluding tert-OH is 1. The lowest BCUT2D eigenvalue weighted by Gasteiger charge is -2.18. The number of hydrogen-bond donors (Lipinski definition) is 1. The van der Waals surface area contributed by atoms with Gasteiger partial charge in [-0.1, -0.05) is 0 Å². The highest BCUT2D eigenvalue weighted by Gasteiger charge is 2.42. The first-order valence-corrected chi connectivity index (χ1v) is 6.17. The van der Waals surface area contributed by atoms with Crippen LogP contribution in [0.2, 0.25) is 0 Å². The number of fused-ring (bicyclic) bond motifs is 1. The molecule has 4 heteroatoms. The molecule has 3 unspecified atom stereocenters. The molecular formula is C12H21NO3. The number of nitrogens with zero attached hydrogens (tertiary/aromatic N) is 1. The van der Waals surface area contributed by atoms with Crippen molar-refractivity contribution in [1.29, 1.82) is 0 Å². The minimum Gasteiger partial charge on any atom is -0.393 e. The summed E-state index contributed by atoms with van der Waals surface area (Å²) in [4.78, 5) is 13.8. The van der Waals surface area contributed by atoms with E-state index < -0.39 is 0 Å². The predicted molar refractivity (Wildman–Crippen MR) is 59.9 cm³/mol. The van der Waals surface area contributed by atoms with Crippen LogP contribution < -0.4 is 0 Å². The van der Waals surface area contributed by atoms with E-state index in [1.54, 1.807) is 7.11 Å². The maximum Gasteiger partial charge on any atom is 0.222 e. The molecule has 0 aromatic rings. The molecule has 16 heavy (non-hydrogen) atoms. The Balaban J connectivity index is 1.78. The highest BCUT2D eigenvalue weighted by molar-refractivity contribution is 5.76. The van der Waals surface area contributed by atoms with Crippen LogP contribution in [0.25, 0.3) is 0 Å². The number of carbonyl (C=O) groups excluding carboxylic acids is 1. The van der Waals surface area contributed by atoms with Gasteiger partial charge in [-0.05, 0) is 25.2 Å². The van der Waals surface area contributed by atoms with Crippen molar-refractivity contribution >= 4 is 5.91 Å². The zero-order valence-corrected chi connectivity index (χ0v) is 9.89. The third kappa shape index (κ3) is 2.38. The molecule has 1 saturated heterocycles. The normalized spacial score (nSPS) is 33.1. The predicted octanol–water partition coefficient (Wildman–Crippen LogP) is 0.642. The van der Waals surface area contributed by atoms with Gasteiger partial charge in [0.1, 0.15) is 0 Å². The zero-order valence-electron chi connectivity index (χ0n) is 9.89. The summed E-state index contributed by atoms with van der Waals surface area (Å²) in [5.74, 6) is 1.10. The first kappa shape index (κ1) is 11.9. The van der Waals surface area contributed by atoms with Gasteiger partial charge in [-0.3, -0.25) is 4.79 Å². The van der Waals surface area contributed by atoms with Crippen molar-refractivity contribution in [3.8, 4) is 0 Å². The van der Waals surface area contributed by atoms with E-state index in [1.165, 1.54) is 0 Å². The van der Waals surface area contributed by atoms with E-state index >= 15 is 0 Å². The lowest BCUT2D eigenvalue weighted by molar-refractivity contribution is -0.130. The van der Waals surface area contributed by atoms with Crippen LogP contribution in [0.1, 0.15) is 25.7 Å². The summed E-state index contributed by atoms with van der Waals surface area (Å²) in [6.45, 7) is 2.26. The van der Waals surface area contributed by atoms with Crippen molar-refractivity contribution in [2.24, 2.45) is 11.8 Å². The Kier molecular flexibility index (Phi) is 3.82. The number of likely N-dealkylation sites (tertiary alicyclic amines) is 1. The maximum absolute atomic E-state index is 11.8. The highest BCUT2D eigenvalue weighted by atomic mass is 16.5. The van der Waals surface area contributed by atoms with Gasteiger partial charge >= 0.3 is 0 Å². The quantitative estimate of drug-likeness (QED) is 0.717. The summed E-state index contributed by atoms with van der Waals surface area (Å²) in [5.41, 5.74) is 0. The van der Waals surface area contributed by atoms with Crippen LogP contribution in [-0.4, -0.2) is 48.8 Å². The summed E-state index contributed by atoms with van der Waals surface area (Å²) >= 11 is 0. The molecule has 2 fully saturated rings. The van der Waals surface area contributed by atoms with Crippen molar-refractivity contribution in [3.63, 3.8) is 0 Å². The molecule has 2 rings (SSSR count). The molecular weight excluding hydrogens is 206 g/mol. The molecule has 1 saturated carbocycles. The second kappa shape index (κ2) is 5.15. The first-order valence-electron chi connectivity index (χ1n) is 6.17. The van der Waals surface area contributed by atoms with Crippen LogP contribution in [0.3, 0.4) is 0 Å². The molecule has 0 radical (unpaired) electrons. The Bertz CT molecular complexity index is 257. The van der Waals surface area contributed by atoms with Crippen LogP contribution in [0.15, 0.2) is 0 Å². The number of methoxy groups -OCH3 is 1. The van der Waals surface area contributed by atoms with E-state index in [9.17, 15) is 9.90 Å². The Morgan fingerprint density at radius 1 is 1.44 bits per heavy atom. The number of amides is 1. The Morgan fingerprint density at radius 3 is 2.94 bits per heavy atom. The molecule has 3 atom stereocenters. The van der Waals surface area contributed by atoms with Crippen molar-refractivity contribution in [2.75, 3.05) is 26.8 Å². The summed E-state index contributed by atoms with van der Waals surface area (Å²) in [7, 11) is 1.65.